The van der Waals surface area contributed by atoms with E-state index in [2.05, 4.69) is 44.1 Å². The van der Waals surface area contributed by atoms with Crippen LogP contribution in [0.3, 0.4) is 0 Å². The smallest absolute Gasteiger partial charge is 0.115 e. The molecule has 3 heterocycles. The van der Waals surface area contributed by atoms with Gasteiger partial charge in [0.2, 0.25) is 0 Å². The normalized spacial score (nSPS) is 14.6. The van der Waals surface area contributed by atoms with Crippen LogP contribution < -0.4 is 0 Å². The largest absolute Gasteiger partial charge is 0.289 e. The van der Waals surface area contributed by atoms with Gasteiger partial charge in [0, 0.05) is 43.0 Å². The van der Waals surface area contributed by atoms with Crippen LogP contribution >= 0.6 is 0 Å². The van der Waals surface area contributed by atoms with Crippen molar-refractivity contribution in [1.82, 2.24) is 19.9 Å². The molecule has 0 bridgehead atoms. The first-order chi connectivity index (χ1) is 9.90. The average Bonchev–Trinajstić information content (AvgIpc) is 2.90. The second-order valence-corrected chi connectivity index (χ2v) is 5.13. The number of benzene rings is 1. The van der Waals surface area contributed by atoms with E-state index < -0.39 is 0 Å². The fourth-order valence-corrected chi connectivity index (χ4v) is 2.81. The highest BCUT2D eigenvalue weighted by Gasteiger charge is 2.20. The zero-order valence-corrected chi connectivity index (χ0v) is 11.0. The molecule has 3 aromatic rings. The molecule has 0 amide bonds. The van der Waals surface area contributed by atoms with Crippen LogP contribution in [0.15, 0.2) is 49.1 Å². The first kappa shape index (κ1) is 11.5. The third-order valence-electron chi connectivity index (χ3n) is 3.78. The summed E-state index contributed by atoms with van der Waals surface area (Å²) >= 11 is 0. The Kier molecular flexibility index (Phi) is 2.67. The molecule has 0 radical (unpaired) electrons. The Balaban J connectivity index is 1.64. The zero-order chi connectivity index (χ0) is 13.4. The van der Waals surface area contributed by atoms with E-state index in [0.29, 0.717) is 0 Å². The fraction of sp³-hybridized carbons (Fsp3) is 0.188. The predicted octanol–water partition coefficient (Wildman–Crippen LogP) is 2.54. The Hall–Kier alpha value is -2.33. The van der Waals surface area contributed by atoms with Crippen LogP contribution in [0.1, 0.15) is 16.8 Å². The first-order valence-electron chi connectivity index (χ1n) is 6.73. The van der Waals surface area contributed by atoms with Crippen molar-refractivity contribution in [3.8, 4) is 0 Å². The van der Waals surface area contributed by atoms with E-state index >= 15 is 0 Å². The molecule has 4 heteroatoms. The van der Waals surface area contributed by atoms with Crippen molar-refractivity contribution < 1.29 is 0 Å². The van der Waals surface area contributed by atoms with E-state index in [-0.39, 0.29) is 0 Å². The molecule has 0 aliphatic carbocycles. The maximum absolute atomic E-state index is 4.42. The SMILES string of the molecule is c1ccc2c(CN3Cc4cncnc4C3)ccnc2c1. The maximum atomic E-state index is 4.42. The number of hydrogen-bond acceptors (Lipinski definition) is 4. The number of rotatable bonds is 2. The minimum absolute atomic E-state index is 0.897. The van der Waals surface area contributed by atoms with Crippen molar-refractivity contribution in [3.05, 3.63) is 65.9 Å². The van der Waals surface area contributed by atoms with Crippen LogP contribution in [0.2, 0.25) is 0 Å². The summed E-state index contributed by atoms with van der Waals surface area (Å²) in [4.78, 5) is 15.3. The van der Waals surface area contributed by atoms with Gasteiger partial charge in [-0.15, -0.1) is 0 Å². The number of aromatic nitrogens is 3. The molecule has 2 aromatic heterocycles. The molecule has 4 nitrogen and oxygen atoms in total. The summed E-state index contributed by atoms with van der Waals surface area (Å²) in [6.07, 6.45) is 5.44. The monoisotopic (exact) mass is 262 g/mol. The van der Waals surface area contributed by atoms with Crippen LogP contribution in [0, 0.1) is 0 Å². The summed E-state index contributed by atoms with van der Waals surface area (Å²) in [6.45, 7) is 2.74. The van der Waals surface area contributed by atoms with Crippen LogP contribution in [-0.2, 0) is 19.6 Å². The highest BCUT2D eigenvalue weighted by molar-refractivity contribution is 5.81. The molecule has 1 aliphatic rings. The second-order valence-electron chi connectivity index (χ2n) is 5.13. The molecule has 1 aromatic carbocycles. The zero-order valence-electron chi connectivity index (χ0n) is 11.0. The number of para-hydroxylation sites is 1. The number of pyridine rings is 1. The Morgan fingerprint density at radius 3 is 2.95 bits per heavy atom. The summed E-state index contributed by atoms with van der Waals surface area (Å²) in [5.41, 5.74) is 4.77. The number of hydrogen-bond donors (Lipinski definition) is 0. The standard InChI is InChI=1S/C16H14N4/c1-2-4-15-14(3-1)12(5-6-18-15)8-20-9-13-7-17-11-19-16(13)10-20/h1-7,11H,8-10H2. The molecule has 0 spiro atoms. The van der Waals surface area contributed by atoms with E-state index in [1.807, 2.05) is 18.5 Å². The number of fused-ring (bicyclic) bond motifs is 2. The Morgan fingerprint density at radius 2 is 2.00 bits per heavy atom. The molecule has 0 unspecified atom stereocenters. The van der Waals surface area contributed by atoms with Crippen molar-refractivity contribution in [3.63, 3.8) is 0 Å². The van der Waals surface area contributed by atoms with Gasteiger partial charge in [-0.05, 0) is 17.7 Å². The van der Waals surface area contributed by atoms with Crippen LogP contribution in [0.5, 0.6) is 0 Å². The molecular formula is C16H14N4. The fourth-order valence-electron chi connectivity index (χ4n) is 2.81. The van der Waals surface area contributed by atoms with E-state index in [1.165, 1.54) is 16.5 Å². The summed E-state index contributed by atoms with van der Waals surface area (Å²) < 4.78 is 0. The minimum atomic E-state index is 0.897. The molecule has 1 aliphatic heterocycles. The van der Waals surface area contributed by atoms with Crippen molar-refractivity contribution in [1.29, 1.82) is 0 Å². The van der Waals surface area contributed by atoms with Crippen molar-refractivity contribution in [2.75, 3.05) is 0 Å². The van der Waals surface area contributed by atoms with Crippen LogP contribution in [-0.4, -0.2) is 19.9 Å². The lowest BCUT2D eigenvalue weighted by Crippen LogP contribution is -2.16. The first-order valence-corrected chi connectivity index (χ1v) is 6.73. The molecule has 98 valence electrons. The van der Waals surface area contributed by atoms with Crippen LogP contribution in [0.4, 0.5) is 0 Å². The minimum Gasteiger partial charge on any atom is -0.289 e. The Labute approximate surface area is 117 Å². The highest BCUT2D eigenvalue weighted by Crippen LogP contribution is 2.24. The molecule has 4 rings (SSSR count). The molecule has 0 N–H and O–H groups in total. The van der Waals surface area contributed by atoms with Gasteiger partial charge in [-0.1, -0.05) is 18.2 Å². The van der Waals surface area contributed by atoms with Gasteiger partial charge in [-0.2, -0.15) is 0 Å². The second kappa shape index (κ2) is 4.65. The van der Waals surface area contributed by atoms with Gasteiger partial charge in [-0.25, -0.2) is 9.97 Å². The van der Waals surface area contributed by atoms with E-state index in [9.17, 15) is 0 Å². The number of nitrogens with zero attached hydrogens (tertiary/aromatic N) is 4. The summed E-state index contributed by atoms with van der Waals surface area (Å²) in [5, 5.41) is 1.23. The predicted molar refractivity (Wildman–Crippen MR) is 76.7 cm³/mol. The Morgan fingerprint density at radius 1 is 1.05 bits per heavy atom. The molecule has 20 heavy (non-hydrogen) atoms. The van der Waals surface area contributed by atoms with Crippen LogP contribution in [0.25, 0.3) is 10.9 Å². The van der Waals surface area contributed by atoms with Gasteiger partial charge in [0.15, 0.2) is 0 Å². The van der Waals surface area contributed by atoms with Crippen molar-refractivity contribution >= 4 is 10.9 Å². The quantitative estimate of drug-likeness (QED) is 0.711. The topological polar surface area (TPSA) is 41.9 Å². The van der Waals surface area contributed by atoms with E-state index in [1.54, 1.807) is 6.33 Å². The van der Waals surface area contributed by atoms with Gasteiger partial charge in [0.1, 0.15) is 6.33 Å². The lowest BCUT2D eigenvalue weighted by atomic mass is 10.1. The molecule has 0 saturated carbocycles. The highest BCUT2D eigenvalue weighted by atomic mass is 15.2. The maximum Gasteiger partial charge on any atom is 0.115 e. The van der Waals surface area contributed by atoms with Gasteiger partial charge in [-0.3, -0.25) is 9.88 Å². The van der Waals surface area contributed by atoms with Crippen molar-refractivity contribution in [2.45, 2.75) is 19.6 Å². The molecule has 0 fully saturated rings. The lowest BCUT2D eigenvalue weighted by Gasteiger charge is -2.15. The third kappa shape index (κ3) is 1.94. The van der Waals surface area contributed by atoms with Gasteiger partial charge < -0.3 is 0 Å². The summed E-state index contributed by atoms with van der Waals surface area (Å²) in [7, 11) is 0. The third-order valence-corrected chi connectivity index (χ3v) is 3.78. The average molecular weight is 262 g/mol. The van der Waals surface area contributed by atoms with Gasteiger partial charge in [0.05, 0.1) is 11.2 Å². The summed E-state index contributed by atoms with van der Waals surface area (Å²) in [5.74, 6) is 0. The Bertz CT molecular complexity index is 739. The van der Waals surface area contributed by atoms with E-state index in [4.69, 9.17) is 0 Å². The lowest BCUT2D eigenvalue weighted by molar-refractivity contribution is 0.275. The summed E-state index contributed by atoms with van der Waals surface area (Å²) in [6, 6.07) is 10.4. The molecular weight excluding hydrogens is 248 g/mol. The van der Waals surface area contributed by atoms with E-state index in [0.717, 1.165) is 30.8 Å². The molecule has 0 atom stereocenters. The molecule has 0 saturated heterocycles. The van der Waals surface area contributed by atoms with Crippen molar-refractivity contribution in [2.24, 2.45) is 0 Å². The van der Waals surface area contributed by atoms with Gasteiger partial charge >= 0.3 is 0 Å². The van der Waals surface area contributed by atoms with Gasteiger partial charge in [0.25, 0.3) is 0 Å².